The molecule has 3 unspecified atom stereocenters. The molecule has 0 amide bonds. The summed E-state index contributed by atoms with van der Waals surface area (Å²) in [6.07, 6.45) is 10.4. The smallest absolute Gasteiger partial charge is 0.157 e. The second kappa shape index (κ2) is 7.74. The van der Waals surface area contributed by atoms with Crippen LogP contribution >= 0.6 is 0 Å². The average Bonchev–Trinajstić information content (AvgIpc) is 3.03. The highest BCUT2D eigenvalue weighted by atomic mass is 16.7. The lowest BCUT2D eigenvalue weighted by atomic mass is 9.94. The first kappa shape index (κ1) is 14.8. The summed E-state index contributed by atoms with van der Waals surface area (Å²) in [5, 5.41) is 3.69. The lowest BCUT2D eigenvalue weighted by Crippen LogP contribution is -2.51. The molecule has 0 aromatic heterocycles. The first-order valence-electron chi connectivity index (χ1n) is 8.64. The molecule has 4 heteroatoms. The highest BCUT2D eigenvalue weighted by Crippen LogP contribution is 2.24. The van der Waals surface area contributed by atoms with Crippen molar-refractivity contribution >= 4 is 0 Å². The summed E-state index contributed by atoms with van der Waals surface area (Å²) in [5.74, 6) is 0. The largest absolute Gasteiger partial charge is 0.353 e. The van der Waals surface area contributed by atoms with Crippen molar-refractivity contribution in [1.29, 1.82) is 0 Å². The van der Waals surface area contributed by atoms with Crippen molar-refractivity contribution < 1.29 is 9.47 Å². The van der Waals surface area contributed by atoms with Crippen LogP contribution in [0.25, 0.3) is 0 Å². The number of nitrogens with one attached hydrogen (secondary N) is 1. The fourth-order valence-corrected chi connectivity index (χ4v) is 3.93. The van der Waals surface area contributed by atoms with Crippen LogP contribution in [0.15, 0.2) is 0 Å². The fraction of sp³-hybridized carbons (Fsp3) is 1.00. The molecule has 3 rings (SSSR count). The van der Waals surface area contributed by atoms with Gasteiger partial charge in [-0.3, -0.25) is 4.90 Å². The van der Waals surface area contributed by atoms with Crippen LogP contribution in [0.4, 0.5) is 0 Å². The Labute approximate surface area is 123 Å². The Kier molecular flexibility index (Phi) is 5.71. The van der Waals surface area contributed by atoms with Crippen molar-refractivity contribution in [2.24, 2.45) is 0 Å². The predicted octanol–water partition coefficient (Wildman–Crippen LogP) is 2.14. The van der Waals surface area contributed by atoms with Gasteiger partial charge in [0.15, 0.2) is 6.29 Å². The normalized spacial score (nSPS) is 36.3. The van der Waals surface area contributed by atoms with Gasteiger partial charge < -0.3 is 14.8 Å². The van der Waals surface area contributed by atoms with Gasteiger partial charge in [-0.05, 0) is 58.0 Å². The van der Waals surface area contributed by atoms with Gasteiger partial charge in [-0.2, -0.15) is 0 Å². The van der Waals surface area contributed by atoms with Gasteiger partial charge in [0, 0.05) is 25.2 Å². The van der Waals surface area contributed by atoms with Gasteiger partial charge in [0.05, 0.1) is 6.61 Å². The highest BCUT2D eigenvalue weighted by Gasteiger charge is 2.31. The van der Waals surface area contributed by atoms with E-state index in [4.69, 9.17) is 9.47 Å². The number of hydrogen-bond donors (Lipinski definition) is 1. The number of nitrogens with zero attached hydrogens (tertiary/aromatic N) is 1. The third-order valence-electron chi connectivity index (χ3n) is 5.05. The third-order valence-corrected chi connectivity index (χ3v) is 5.05. The summed E-state index contributed by atoms with van der Waals surface area (Å²) < 4.78 is 11.6. The van der Waals surface area contributed by atoms with Gasteiger partial charge >= 0.3 is 0 Å². The van der Waals surface area contributed by atoms with Crippen molar-refractivity contribution in [3.63, 3.8) is 0 Å². The maximum absolute atomic E-state index is 5.91. The third kappa shape index (κ3) is 3.94. The SMILES string of the molecule is C1CCC(OCCN2CCCCC2C2CCCN2)OC1. The van der Waals surface area contributed by atoms with Crippen LogP contribution in [0.1, 0.15) is 51.4 Å². The van der Waals surface area contributed by atoms with Crippen LogP contribution < -0.4 is 5.32 Å². The van der Waals surface area contributed by atoms with Gasteiger partial charge in [-0.1, -0.05) is 6.42 Å². The number of piperidine rings is 1. The Morgan fingerprint density at radius 3 is 2.80 bits per heavy atom. The summed E-state index contributed by atoms with van der Waals surface area (Å²) in [4.78, 5) is 2.66. The van der Waals surface area contributed by atoms with E-state index in [1.54, 1.807) is 0 Å². The van der Waals surface area contributed by atoms with Crippen LogP contribution in [0, 0.1) is 0 Å². The summed E-state index contributed by atoms with van der Waals surface area (Å²) >= 11 is 0. The molecule has 0 spiro atoms. The highest BCUT2D eigenvalue weighted by molar-refractivity contribution is 4.90. The predicted molar refractivity (Wildman–Crippen MR) is 79.8 cm³/mol. The van der Waals surface area contributed by atoms with Crippen LogP contribution in [0.2, 0.25) is 0 Å². The Balaban J connectivity index is 1.41. The zero-order valence-corrected chi connectivity index (χ0v) is 12.7. The van der Waals surface area contributed by atoms with Crippen molar-refractivity contribution in [2.45, 2.75) is 69.7 Å². The molecule has 0 aromatic carbocycles. The van der Waals surface area contributed by atoms with Crippen molar-refractivity contribution in [3.05, 3.63) is 0 Å². The maximum Gasteiger partial charge on any atom is 0.157 e. The number of hydrogen-bond acceptors (Lipinski definition) is 4. The molecule has 3 aliphatic heterocycles. The molecule has 3 fully saturated rings. The van der Waals surface area contributed by atoms with E-state index in [9.17, 15) is 0 Å². The van der Waals surface area contributed by atoms with E-state index in [1.165, 1.54) is 58.0 Å². The van der Waals surface area contributed by atoms with Crippen molar-refractivity contribution in [2.75, 3.05) is 32.8 Å². The van der Waals surface area contributed by atoms with E-state index >= 15 is 0 Å². The van der Waals surface area contributed by atoms with Gasteiger partial charge in [-0.25, -0.2) is 0 Å². The van der Waals surface area contributed by atoms with E-state index in [0.29, 0.717) is 0 Å². The molecule has 3 heterocycles. The Bertz CT molecular complexity index is 276. The summed E-state index contributed by atoms with van der Waals surface area (Å²) in [7, 11) is 0. The lowest BCUT2D eigenvalue weighted by Gasteiger charge is -2.39. The van der Waals surface area contributed by atoms with Gasteiger partial charge in [0.25, 0.3) is 0 Å². The Hall–Kier alpha value is -0.160. The molecule has 0 radical (unpaired) electrons. The summed E-state index contributed by atoms with van der Waals surface area (Å²) in [6, 6.07) is 1.46. The minimum absolute atomic E-state index is 0.0663. The number of rotatable bonds is 5. The van der Waals surface area contributed by atoms with E-state index in [0.717, 1.165) is 38.3 Å². The average molecular weight is 282 g/mol. The molecule has 3 saturated heterocycles. The topological polar surface area (TPSA) is 33.7 Å². The lowest BCUT2D eigenvalue weighted by molar-refractivity contribution is -0.165. The van der Waals surface area contributed by atoms with Crippen LogP contribution in [-0.2, 0) is 9.47 Å². The monoisotopic (exact) mass is 282 g/mol. The van der Waals surface area contributed by atoms with Crippen LogP contribution in [0.3, 0.4) is 0 Å². The zero-order chi connectivity index (χ0) is 13.6. The molecule has 0 aliphatic carbocycles. The number of likely N-dealkylation sites (tertiary alicyclic amines) is 1. The van der Waals surface area contributed by atoms with E-state index in [2.05, 4.69) is 10.2 Å². The van der Waals surface area contributed by atoms with E-state index in [1.807, 2.05) is 0 Å². The van der Waals surface area contributed by atoms with Gasteiger partial charge in [0.1, 0.15) is 0 Å². The molecule has 1 N–H and O–H groups in total. The quantitative estimate of drug-likeness (QED) is 0.837. The van der Waals surface area contributed by atoms with E-state index in [-0.39, 0.29) is 6.29 Å². The molecule has 0 saturated carbocycles. The zero-order valence-electron chi connectivity index (χ0n) is 12.7. The van der Waals surface area contributed by atoms with Crippen LogP contribution in [0.5, 0.6) is 0 Å². The molecule has 116 valence electrons. The molecule has 3 aliphatic rings. The fourth-order valence-electron chi connectivity index (χ4n) is 3.93. The molecular weight excluding hydrogens is 252 g/mol. The minimum atomic E-state index is 0.0663. The Morgan fingerprint density at radius 1 is 1.05 bits per heavy atom. The van der Waals surface area contributed by atoms with Crippen LogP contribution in [-0.4, -0.2) is 56.1 Å². The van der Waals surface area contributed by atoms with Gasteiger partial charge in [-0.15, -0.1) is 0 Å². The van der Waals surface area contributed by atoms with Crippen molar-refractivity contribution in [1.82, 2.24) is 10.2 Å². The second-order valence-corrected chi connectivity index (χ2v) is 6.47. The maximum atomic E-state index is 5.91. The summed E-state index contributed by atoms with van der Waals surface area (Å²) in [5.41, 5.74) is 0. The first-order chi connectivity index (χ1) is 9.93. The molecule has 4 nitrogen and oxygen atoms in total. The van der Waals surface area contributed by atoms with E-state index < -0.39 is 0 Å². The summed E-state index contributed by atoms with van der Waals surface area (Å²) in [6.45, 7) is 5.23. The van der Waals surface area contributed by atoms with Gasteiger partial charge in [0.2, 0.25) is 0 Å². The number of ether oxygens (including phenoxy) is 2. The molecule has 0 aromatic rings. The molecule has 0 bridgehead atoms. The second-order valence-electron chi connectivity index (χ2n) is 6.47. The molecule has 3 atom stereocenters. The molecular formula is C16H30N2O2. The standard InChI is InChI=1S/C16H30N2O2/c1-3-10-18(15(7-1)14-6-5-9-17-14)11-13-20-16-8-2-4-12-19-16/h14-17H,1-13H2. The minimum Gasteiger partial charge on any atom is -0.353 e. The Morgan fingerprint density at radius 2 is 2.00 bits per heavy atom. The molecule has 20 heavy (non-hydrogen) atoms. The first-order valence-corrected chi connectivity index (χ1v) is 8.64. The van der Waals surface area contributed by atoms with Crippen molar-refractivity contribution in [3.8, 4) is 0 Å².